The average Bonchev–Trinajstić information content (AvgIpc) is 2.94. The monoisotopic (exact) mass is 331 g/mol. The van der Waals surface area contributed by atoms with Gasteiger partial charge in [0.05, 0.1) is 6.54 Å². The molecule has 2 heterocycles. The predicted octanol–water partition coefficient (Wildman–Crippen LogP) is 2.15. The van der Waals surface area contributed by atoms with Gasteiger partial charge in [0.15, 0.2) is 5.03 Å². The Balaban J connectivity index is 2.44. The van der Waals surface area contributed by atoms with E-state index in [0.29, 0.717) is 12.4 Å². The average molecular weight is 332 g/mol. The molecule has 0 aliphatic heterocycles. The van der Waals surface area contributed by atoms with Crippen LogP contribution in [0.5, 0.6) is 0 Å². The fourth-order valence-electron chi connectivity index (χ4n) is 2.08. The van der Waals surface area contributed by atoms with Crippen molar-refractivity contribution in [3.8, 4) is 0 Å². The number of hydrogen-bond donors (Lipinski definition) is 0. The van der Waals surface area contributed by atoms with Gasteiger partial charge in [-0.2, -0.15) is 5.10 Å². The van der Waals surface area contributed by atoms with Crippen LogP contribution in [0, 0.1) is 0 Å². The standard InChI is InChI=1S/C12H18ClN5O2S/c1-8(2)12-16-11(21(13,19)20)6-17(12)5-10-14-7-15-18(10)9(3)4/h6-9H,5H2,1-4H3. The van der Waals surface area contributed by atoms with E-state index in [0.717, 1.165) is 5.82 Å². The van der Waals surface area contributed by atoms with Crippen LogP contribution in [0.3, 0.4) is 0 Å². The molecular weight excluding hydrogens is 314 g/mol. The smallest absolute Gasteiger partial charge is 0.280 e. The van der Waals surface area contributed by atoms with Crippen LogP contribution in [-0.4, -0.2) is 32.7 Å². The minimum absolute atomic E-state index is 0.0626. The minimum Gasteiger partial charge on any atom is -0.326 e. The Kier molecular flexibility index (Phi) is 4.38. The van der Waals surface area contributed by atoms with Gasteiger partial charge in [-0.3, -0.25) is 0 Å². The lowest BCUT2D eigenvalue weighted by Gasteiger charge is -2.12. The second-order valence-corrected chi connectivity index (χ2v) is 7.89. The van der Waals surface area contributed by atoms with Gasteiger partial charge >= 0.3 is 0 Å². The van der Waals surface area contributed by atoms with Gasteiger partial charge in [0.25, 0.3) is 9.05 Å². The molecule has 0 fully saturated rings. The van der Waals surface area contributed by atoms with Gasteiger partial charge in [-0.1, -0.05) is 13.8 Å². The lowest BCUT2D eigenvalue weighted by Crippen LogP contribution is -2.13. The molecule has 0 spiro atoms. The maximum absolute atomic E-state index is 11.5. The first-order valence-corrected chi connectivity index (χ1v) is 8.91. The Labute approximate surface area is 128 Å². The predicted molar refractivity (Wildman–Crippen MR) is 78.9 cm³/mol. The molecule has 0 N–H and O–H groups in total. The third-order valence-electron chi connectivity index (χ3n) is 3.00. The molecule has 0 aromatic carbocycles. The summed E-state index contributed by atoms with van der Waals surface area (Å²) < 4.78 is 26.5. The van der Waals surface area contributed by atoms with Crippen molar-refractivity contribution < 1.29 is 8.42 Å². The molecule has 0 saturated carbocycles. The van der Waals surface area contributed by atoms with Crippen molar-refractivity contribution in [1.82, 2.24) is 24.3 Å². The highest BCUT2D eigenvalue weighted by Crippen LogP contribution is 2.21. The second kappa shape index (κ2) is 5.76. The van der Waals surface area contributed by atoms with E-state index in [9.17, 15) is 8.42 Å². The van der Waals surface area contributed by atoms with Crippen LogP contribution < -0.4 is 0 Å². The number of rotatable bonds is 5. The Morgan fingerprint density at radius 1 is 1.29 bits per heavy atom. The zero-order valence-electron chi connectivity index (χ0n) is 12.4. The Bertz CT molecular complexity index is 733. The topological polar surface area (TPSA) is 82.7 Å². The first-order valence-electron chi connectivity index (χ1n) is 6.60. The van der Waals surface area contributed by atoms with Gasteiger partial charge in [0.2, 0.25) is 0 Å². The van der Waals surface area contributed by atoms with Crippen LogP contribution in [0.15, 0.2) is 17.6 Å². The molecule has 116 valence electrons. The summed E-state index contributed by atoms with van der Waals surface area (Å²) in [5.74, 6) is 1.45. The van der Waals surface area contributed by atoms with Crippen molar-refractivity contribution in [2.75, 3.05) is 0 Å². The van der Waals surface area contributed by atoms with Crippen LogP contribution in [0.4, 0.5) is 0 Å². The highest BCUT2D eigenvalue weighted by molar-refractivity contribution is 8.13. The summed E-state index contributed by atoms with van der Waals surface area (Å²) in [6, 6.07) is 0.171. The molecule has 0 aliphatic rings. The number of imidazole rings is 1. The quantitative estimate of drug-likeness (QED) is 0.784. The summed E-state index contributed by atoms with van der Waals surface area (Å²) >= 11 is 0. The molecule has 0 saturated heterocycles. The van der Waals surface area contributed by atoms with Gasteiger partial charge in [-0.05, 0) is 13.8 Å². The van der Waals surface area contributed by atoms with E-state index in [1.165, 1.54) is 12.5 Å². The molecular formula is C12H18ClN5O2S. The second-order valence-electron chi connectivity index (χ2n) is 5.37. The van der Waals surface area contributed by atoms with E-state index in [1.54, 1.807) is 9.25 Å². The van der Waals surface area contributed by atoms with Gasteiger partial charge in [0, 0.05) is 28.8 Å². The first kappa shape index (κ1) is 16.0. The van der Waals surface area contributed by atoms with Gasteiger partial charge in [-0.15, -0.1) is 0 Å². The fourth-order valence-corrected chi connectivity index (χ4v) is 2.76. The van der Waals surface area contributed by atoms with Crippen molar-refractivity contribution in [2.45, 2.75) is 51.2 Å². The highest BCUT2D eigenvalue weighted by atomic mass is 35.7. The van der Waals surface area contributed by atoms with Crippen LogP contribution in [0.25, 0.3) is 0 Å². The molecule has 2 aromatic rings. The van der Waals surface area contributed by atoms with Crippen molar-refractivity contribution >= 4 is 19.7 Å². The SMILES string of the molecule is CC(C)c1nc(S(=O)(=O)Cl)cn1Cc1ncnn1C(C)C. The fraction of sp³-hybridized carbons (Fsp3) is 0.583. The molecule has 2 aromatic heterocycles. The highest BCUT2D eigenvalue weighted by Gasteiger charge is 2.20. The van der Waals surface area contributed by atoms with Crippen molar-refractivity contribution in [3.63, 3.8) is 0 Å². The summed E-state index contributed by atoms with van der Waals surface area (Å²) in [5.41, 5.74) is 0. The molecule has 21 heavy (non-hydrogen) atoms. The summed E-state index contributed by atoms with van der Waals surface area (Å²) in [5, 5.41) is 4.03. The molecule has 7 nitrogen and oxygen atoms in total. The van der Waals surface area contributed by atoms with Crippen molar-refractivity contribution in [2.24, 2.45) is 0 Å². The molecule has 0 aliphatic carbocycles. The first-order chi connectivity index (χ1) is 9.70. The van der Waals surface area contributed by atoms with E-state index in [1.807, 2.05) is 27.7 Å². The maximum Gasteiger partial charge on any atom is 0.280 e. The molecule has 2 rings (SSSR count). The normalized spacial score (nSPS) is 12.5. The van der Waals surface area contributed by atoms with Crippen molar-refractivity contribution in [3.05, 3.63) is 24.2 Å². The van der Waals surface area contributed by atoms with Gasteiger partial charge in [0.1, 0.15) is 18.0 Å². The summed E-state index contributed by atoms with van der Waals surface area (Å²) in [6.07, 6.45) is 2.93. The van der Waals surface area contributed by atoms with Gasteiger partial charge < -0.3 is 4.57 Å². The lowest BCUT2D eigenvalue weighted by atomic mass is 10.2. The number of nitrogens with zero attached hydrogens (tertiary/aromatic N) is 5. The third-order valence-corrected chi connectivity index (χ3v) is 4.17. The van der Waals surface area contributed by atoms with E-state index in [4.69, 9.17) is 10.7 Å². The minimum atomic E-state index is -3.85. The summed E-state index contributed by atoms with van der Waals surface area (Å²) in [6.45, 7) is 8.28. The van der Waals surface area contributed by atoms with E-state index < -0.39 is 9.05 Å². The van der Waals surface area contributed by atoms with Gasteiger partial charge in [-0.25, -0.2) is 23.1 Å². The molecule has 0 atom stereocenters. The molecule has 9 heteroatoms. The molecule has 0 bridgehead atoms. The zero-order chi connectivity index (χ0) is 15.8. The largest absolute Gasteiger partial charge is 0.326 e. The van der Waals surface area contributed by atoms with Crippen LogP contribution in [0.1, 0.15) is 51.3 Å². The number of aromatic nitrogens is 5. The number of halogens is 1. The lowest BCUT2D eigenvalue weighted by molar-refractivity contribution is 0.491. The molecule has 0 amide bonds. The Hall–Kier alpha value is -1.41. The van der Waals surface area contributed by atoms with E-state index in [2.05, 4.69) is 15.1 Å². The Morgan fingerprint density at radius 2 is 1.95 bits per heavy atom. The maximum atomic E-state index is 11.5. The van der Waals surface area contributed by atoms with Crippen molar-refractivity contribution in [1.29, 1.82) is 0 Å². The van der Waals surface area contributed by atoms with E-state index in [-0.39, 0.29) is 17.0 Å². The van der Waals surface area contributed by atoms with Crippen LogP contribution >= 0.6 is 10.7 Å². The van der Waals surface area contributed by atoms with Crippen LogP contribution in [0.2, 0.25) is 0 Å². The summed E-state index contributed by atoms with van der Waals surface area (Å²) in [4.78, 5) is 8.35. The van der Waals surface area contributed by atoms with Crippen LogP contribution in [-0.2, 0) is 15.6 Å². The molecule has 0 radical (unpaired) electrons. The summed E-state index contributed by atoms with van der Waals surface area (Å²) in [7, 11) is 1.53. The van der Waals surface area contributed by atoms with E-state index >= 15 is 0 Å². The zero-order valence-corrected chi connectivity index (χ0v) is 13.9. The number of hydrogen-bond acceptors (Lipinski definition) is 5. The Morgan fingerprint density at radius 3 is 2.48 bits per heavy atom. The molecule has 0 unspecified atom stereocenters. The third kappa shape index (κ3) is 3.44.